The van der Waals surface area contributed by atoms with Crippen LogP contribution in [0.15, 0.2) is 0 Å². The Kier molecular flexibility index (Phi) is 14.0. The Labute approximate surface area is 194 Å². The molecule has 1 aliphatic heterocycles. The van der Waals surface area contributed by atoms with Gasteiger partial charge in [-0.1, -0.05) is 85.0 Å². The Balaban J connectivity index is 2.38. The first-order chi connectivity index (χ1) is 14.7. The third kappa shape index (κ3) is 11.2. The van der Waals surface area contributed by atoms with Crippen LogP contribution in [-0.2, 0) is 9.53 Å². The summed E-state index contributed by atoms with van der Waals surface area (Å²) in [5, 5.41) is 3.48. The number of unbranched alkanes of at least 4 members (excludes halogenated alkanes) is 9. The second-order valence-electron chi connectivity index (χ2n) is 11.5. The molecule has 184 valence electrons. The molecule has 0 bridgehead atoms. The molecule has 1 aliphatic rings. The first kappa shape index (κ1) is 28.5. The van der Waals surface area contributed by atoms with Gasteiger partial charge in [0.15, 0.2) is 0 Å². The molecule has 0 aromatic heterocycles. The Morgan fingerprint density at radius 2 is 1.39 bits per heavy atom. The maximum atomic E-state index is 12.6. The summed E-state index contributed by atoms with van der Waals surface area (Å²) in [6, 6.07) is 0. The van der Waals surface area contributed by atoms with Gasteiger partial charge in [0.05, 0.1) is 12.5 Å². The van der Waals surface area contributed by atoms with Gasteiger partial charge < -0.3 is 10.1 Å². The summed E-state index contributed by atoms with van der Waals surface area (Å²) in [5.74, 6) is 1.00. The Morgan fingerprint density at radius 3 is 1.90 bits per heavy atom. The third-order valence-corrected chi connectivity index (χ3v) is 7.93. The van der Waals surface area contributed by atoms with Crippen molar-refractivity contribution < 1.29 is 9.53 Å². The smallest absolute Gasteiger partial charge is 0.311 e. The summed E-state index contributed by atoms with van der Waals surface area (Å²) in [7, 11) is 1.54. The fraction of sp³-hybridized carbons (Fsp3) is 0.964. The van der Waals surface area contributed by atoms with E-state index < -0.39 is 5.41 Å². The highest BCUT2D eigenvalue weighted by Gasteiger charge is 2.42. The molecular weight excluding hydrogens is 382 g/mol. The minimum Gasteiger partial charge on any atom is -0.469 e. The predicted octanol–water partition coefficient (Wildman–Crippen LogP) is 7.92. The van der Waals surface area contributed by atoms with Crippen molar-refractivity contribution in [1.82, 2.24) is 5.32 Å². The predicted molar refractivity (Wildman–Crippen MR) is 134 cm³/mol. The van der Waals surface area contributed by atoms with Gasteiger partial charge in [0.2, 0.25) is 0 Å². The van der Waals surface area contributed by atoms with Gasteiger partial charge >= 0.3 is 5.97 Å². The zero-order chi connectivity index (χ0) is 23.2. The number of rotatable bonds is 17. The van der Waals surface area contributed by atoms with Crippen LogP contribution in [0.4, 0.5) is 0 Å². The van der Waals surface area contributed by atoms with Crippen LogP contribution in [0.2, 0.25) is 0 Å². The summed E-state index contributed by atoms with van der Waals surface area (Å²) < 4.78 is 5.20. The number of ether oxygens (including phenoxy) is 1. The van der Waals surface area contributed by atoms with Crippen molar-refractivity contribution in [3.8, 4) is 0 Å². The minimum absolute atomic E-state index is 0.0384. The molecule has 0 saturated carbocycles. The molecule has 1 heterocycles. The van der Waals surface area contributed by atoms with Gasteiger partial charge in [-0.25, -0.2) is 0 Å². The van der Waals surface area contributed by atoms with Gasteiger partial charge in [-0.05, 0) is 76.3 Å². The highest BCUT2D eigenvalue weighted by molar-refractivity contribution is 5.76. The highest BCUT2D eigenvalue weighted by atomic mass is 16.5. The molecule has 0 aromatic carbocycles. The van der Waals surface area contributed by atoms with Crippen molar-refractivity contribution >= 4 is 5.97 Å². The number of hydrogen-bond donors (Lipinski definition) is 1. The van der Waals surface area contributed by atoms with Crippen LogP contribution >= 0.6 is 0 Å². The monoisotopic (exact) mass is 437 g/mol. The molecular formula is C28H55NO2. The molecule has 0 spiro atoms. The first-order valence-corrected chi connectivity index (χ1v) is 13.5. The number of esters is 1. The van der Waals surface area contributed by atoms with Gasteiger partial charge in [0.25, 0.3) is 0 Å². The molecule has 1 unspecified atom stereocenters. The standard InChI is InChI=1S/C28H55NO2/c1-7-8-9-10-11-12-13-14-15-16-20-27(2,3)21-17-25(24-18-22-29-23-19-24)28(4,5)26(30)31-6/h24-25,29H,7-23H2,1-6H3. The average molecular weight is 438 g/mol. The maximum absolute atomic E-state index is 12.6. The zero-order valence-electron chi connectivity index (χ0n) is 22.0. The quantitative estimate of drug-likeness (QED) is 0.185. The van der Waals surface area contributed by atoms with E-state index in [9.17, 15) is 4.79 Å². The lowest BCUT2D eigenvalue weighted by Gasteiger charge is -2.41. The largest absolute Gasteiger partial charge is 0.469 e. The van der Waals surface area contributed by atoms with Crippen molar-refractivity contribution in [2.24, 2.45) is 22.7 Å². The average Bonchev–Trinajstić information content (AvgIpc) is 2.75. The van der Waals surface area contributed by atoms with Crippen LogP contribution < -0.4 is 5.32 Å². The van der Waals surface area contributed by atoms with E-state index in [0.717, 1.165) is 19.5 Å². The van der Waals surface area contributed by atoms with E-state index in [1.165, 1.54) is 89.9 Å². The number of hydrogen-bond acceptors (Lipinski definition) is 3. The second kappa shape index (κ2) is 15.3. The van der Waals surface area contributed by atoms with Crippen molar-refractivity contribution in [3.05, 3.63) is 0 Å². The first-order valence-electron chi connectivity index (χ1n) is 13.5. The number of carbonyl (C=O) groups excluding carboxylic acids is 1. The second-order valence-corrected chi connectivity index (χ2v) is 11.5. The Hall–Kier alpha value is -0.570. The Morgan fingerprint density at radius 1 is 0.871 bits per heavy atom. The van der Waals surface area contributed by atoms with Crippen LogP contribution in [0.3, 0.4) is 0 Å². The topological polar surface area (TPSA) is 38.3 Å². The van der Waals surface area contributed by atoms with E-state index in [4.69, 9.17) is 4.74 Å². The molecule has 31 heavy (non-hydrogen) atoms. The van der Waals surface area contributed by atoms with E-state index >= 15 is 0 Å². The molecule has 1 saturated heterocycles. The molecule has 3 nitrogen and oxygen atoms in total. The van der Waals surface area contributed by atoms with Crippen LogP contribution in [-0.4, -0.2) is 26.2 Å². The summed E-state index contributed by atoms with van der Waals surface area (Å²) in [6.07, 6.45) is 20.0. The van der Waals surface area contributed by atoms with Crippen molar-refractivity contribution in [2.45, 2.75) is 131 Å². The van der Waals surface area contributed by atoms with Gasteiger partial charge in [-0.15, -0.1) is 0 Å². The molecule has 0 aliphatic carbocycles. The fourth-order valence-corrected chi connectivity index (χ4v) is 5.61. The molecule has 1 fully saturated rings. The maximum Gasteiger partial charge on any atom is 0.311 e. The Bertz CT molecular complexity index is 466. The SMILES string of the molecule is CCCCCCCCCCCCC(C)(C)CCC(C1CCNCC1)C(C)(C)C(=O)OC. The highest BCUT2D eigenvalue weighted by Crippen LogP contribution is 2.43. The van der Waals surface area contributed by atoms with E-state index in [1.54, 1.807) is 7.11 Å². The number of carbonyl (C=O) groups is 1. The van der Waals surface area contributed by atoms with Crippen LogP contribution in [0, 0.1) is 22.7 Å². The van der Waals surface area contributed by atoms with E-state index in [0.29, 0.717) is 17.3 Å². The number of methoxy groups -OCH3 is 1. The van der Waals surface area contributed by atoms with Crippen molar-refractivity contribution in [3.63, 3.8) is 0 Å². The zero-order valence-corrected chi connectivity index (χ0v) is 22.0. The van der Waals surface area contributed by atoms with Gasteiger partial charge in [0.1, 0.15) is 0 Å². The number of nitrogens with one attached hydrogen (secondary N) is 1. The third-order valence-electron chi connectivity index (χ3n) is 7.93. The lowest BCUT2D eigenvalue weighted by atomic mass is 9.65. The van der Waals surface area contributed by atoms with E-state index in [1.807, 2.05) is 0 Å². The normalized spacial score (nSPS) is 17.0. The van der Waals surface area contributed by atoms with Crippen LogP contribution in [0.1, 0.15) is 131 Å². The number of piperidine rings is 1. The summed E-state index contributed by atoms with van der Waals surface area (Å²) in [5.41, 5.74) is -0.0402. The van der Waals surface area contributed by atoms with Crippen LogP contribution in [0.25, 0.3) is 0 Å². The lowest BCUT2D eigenvalue weighted by Crippen LogP contribution is -2.42. The summed E-state index contributed by atoms with van der Waals surface area (Å²) in [6.45, 7) is 13.5. The summed E-state index contributed by atoms with van der Waals surface area (Å²) >= 11 is 0. The van der Waals surface area contributed by atoms with Crippen molar-refractivity contribution in [1.29, 1.82) is 0 Å². The lowest BCUT2D eigenvalue weighted by molar-refractivity contribution is -0.156. The van der Waals surface area contributed by atoms with Crippen molar-refractivity contribution in [2.75, 3.05) is 20.2 Å². The molecule has 3 heteroatoms. The van der Waals surface area contributed by atoms with Gasteiger partial charge in [-0.3, -0.25) is 4.79 Å². The van der Waals surface area contributed by atoms with Gasteiger partial charge in [0, 0.05) is 0 Å². The molecule has 1 rings (SSSR count). The minimum atomic E-state index is -0.399. The molecule has 1 N–H and O–H groups in total. The molecule has 0 amide bonds. The molecule has 0 aromatic rings. The van der Waals surface area contributed by atoms with E-state index in [-0.39, 0.29) is 5.97 Å². The molecule has 0 radical (unpaired) electrons. The summed E-state index contributed by atoms with van der Waals surface area (Å²) in [4.78, 5) is 12.6. The van der Waals surface area contributed by atoms with Gasteiger partial charge in [-0.2, -0.15) is 0 Å². The van der Waals surface area contributed by atoms with E-state index in [2.05, 4.69) is 39.9 Å². The fourth-order valence-electron chi connectivity index (χ4n) is 5.61. The molecule has 1 atom stereocenters. The van der Waals surface area contributed by atoms with Crippen LogP contribution in [0.5, 0.6) is 0 Å².